The predicted octanol–water partition coefficient (Wildman–Crippen LogP) is 3.96. The van der Waals surface area contributed by atoms with Gasteiger partial charge in [-0.25, -0.2) is 0 Å². The molecule has 25 heavy (non-hydrogen) atoms. The zero-order valence-corrected chi connectivity index (χ0v) is 15.6. The van der Waals surface area contributed by atoms with E-state index in [-0.39, 0.29) is 5.91 Å². The Bertz CT molecular complexity index is 535. The number of benzene rings is 1. The van der Waals surface area contributed by atoms with Crippen LogP contribution in [0.4, 0.5) is 0 Å². The molecule has 0 aromatic heterocycles. The number of hydrogen-bond acceptors (Lipinski definition) is 3. The van der Waals surface area contributed by atoms with Crippen LogP contribution >= 0.6 is 0 Å². The molecule has 0 saturated carbocycles. The summed E-state index contributed by atoms with van der Waals surface area (Å²) in [4.78, 5) is 17.7. The Morgan fingerprint density at radius 3 is 2.36 bits per heavy atom. The quantitative estimate of drug-likeness (QED) is 0.811. The highest BCUT2D eigenvalue weighted by Gasteiger charge is 2.27. The molecule has 2 fully saturated rings. The third kappa shape index (κ3) is 4.97. The Hall–Kier alpha value is -1.55. The van der Waals surface area contributed by atoms with Crippen LogP contribution in [0.25, 0.3) is 0 Å². The largest absolute Gasteiger partial charge is 0.497 e. The van der Waals surface area contributed by atoms with Crippen LogP contribution in [0.15, 0.2) is 24.3 Å². The van der Waals surface area contributed by atoms with Gasteiger partial charge < -0.3 is 14.5 Å². The number of hydrogen-bond donors (Lipinski definition) is 0. The molecule has 0 N–H and O–H groups in total. The van der Waals surface area contributed by atoms with Crippen molar-refractivity contribution in [3.63, 3.8) is 0 Å². The van der Waals surface area contributed by atoms with E-state index in [0.29, 0.717) is 6.04 Å². The van der Waals surface area contributed by atoms with Gasteiger partial charge in [0.25, 0.3) is 5.91 Å². The lowest BCUT2D eigenvalue weighted by Gasteiger charge is -2.37. The highest BCUT2D eigenvalue weighted by molar-refractivity contribution is 5.94. The first-order chi connectivity index (χ1) is 12.3. The van der Waals surface area contributed by atoms with Crippen LogP contribution in [0.3, 0.4) is 0 Å². The maximum absolute atomic E-state index is 13.0. The zero-order chi connectivity index (χ0) is 17.5. The lowest BCUT2D eigenvalue weighted by Crippen LogP contribution is -2.45. The molecule has 0 bridgehead atoms. The summed E-state index contributed by atoms with van der Waals surface area (Å²) in [7, 11) is 1.65. The van der Waals surface area contributed by atoms with E-state index in [1.165, 1.54) is 45.2 Å². The number of carbonyl (C=O) groups is 1. The van der Waals surface area contributed by atoms with Crippen molar-refractivity contribution in [3.8, 4) is 5.75 Å². The molecule has 1 unspecified atom stereocenters. The van der Waals surface area contributed by atoms with Crippen LogP contribution in [0.2, 0.25) is 0 Å². The molecule has 0 spiro atoms. The fourth-order valence-corrected chi connectivity index (χ4v) is 4.16. The first-order valence-corrected chi connectivity index (χ1v) is 9.95. The van der Waals surface area contributed by atoms with Crippen LogP contribution in [0, 0.1) is 0 Å². The average molecular weight is 344 g/mol. The first-order valence-electron chi connectivity index (χ1n) is 9.95. The summed E-state index contributed by atoms with van der Waals surface area (Å²) in [5, 5.41) is 0. The summed E-state index contributed by atoms with van der Waals surface area (Å²) in [5.41, 5.74) is 0.780. The van der Waals surface area contributed by atoms with Gasteiger partial charge in [0.2, 0.25) is 0 Å². The van der Waals surface area contributed by atoms with Gasteiger partial charge in [-0.15, -0.1) is 0 Å². The molecule has 3 rings (SSSR count). The van der Waals surface area contributed by atoms with Gasteiger partial charge >= 0.3 is 0 Å². The van der Waals surface area contributed by atoms with E-state index in [0.717, 1.165) is 43.7 Å². The van der Waals surface area contributed by atoms with Crippen LogP contribution in [0.1, 0.15) is 61.7 Å². The van der Waals surface area contributed by atoms with Gasteiger partial charge in [0.05, 0.1) is 7.11 Å². The molecule has 4 nitrogen and oxygen atoms in total. The molecule has 2 aliphatic heterocycles. The topological polar surface area (TPSA) is 32.8 Å². The fraction of sp³-hybridized carbons (Fsp3) is 0.667. The van der Waals surface area contributed by atoms with Crippen molar-refractivity contribution in [1.82, 2.24) is 9.80 Å². The van der Waals surface area contributed by atoms with E-state index >= 15 is 0 Å². The van der Waals surface area contributed by atoms with Gasteiger partial charge in [-0.3, -0.25) is 4.79 Å². The molecule has 138 valence electrons. The van der Waals surface area contributed by atoms with Crippen molar-refractivity contribution in [3.05, 3.63) is 29.8 Å². The summed E-state index contributed by atoms with van der Waals surface area (Å²) in [6, 6.07) is 7.93. The smallest absolute Gasteiger partial charge is 0.254 e. The van der Waals surface area contributed by atoms with Crippen LogP contribution in [0.5, 0.6) is 5.75 Å². The van der Waals surface area contributed by atoms with Gasteiger partial charge in [-0.1, -0.05) is 12.8 Å². The number of carbonyl (C=O) groups excluding carboxylic acids is 1. The third-order valence-corrected chi connectivity index (χ3v) is 5.70. The number of rotatable bonds is 5. The Morgan fingerprint density at radius 2 is 1.68 bits per heavy atom. The number of ether oxygens (including phenoxy) is 1. The van der Waals surface area contributed by atoms with E-state index in [9.17, 15) is 4.79 Å². The Balaban J connectivity index is 1.60. The Kier molecular flexibility index (Phi) is 6.74. The summed E-state index contributed by atoms with van der Waals surface area (Å²) >= 11 is 0. The van der Waals surface area contributed by atoms with Gasteiger partial charge in [-0.05, 0) is 75.9 Å². The average Bonchev–Trinajstić information content (AvgIpc) is 2.95. The lowest BCUT2D eigenvalue weighted by atomic mass is 9.97. The first kappa shape index (κ1) is 18.2. The summed E-state index contributed by atoms with van der Waals surface area (Å²) in [6.45, 7) is 4.50. The van der Waals surface area contributed by atoms with Gasteiger partial charge in [0.1, 0.15) is 5.75 Å². The molecule has 4 heteroatoms. The number of likely N-dealkylation sites (tertiary alicyclic amines) is 2. The molecule has 0 radical (unpaired) electrons. The Morgan fingerprint density at radius 1 is 1.00 bits per heavy atom. The van der Waals surface area contributed by atoms with Crippen molar-refractivity contribution >= 4 is 5.91 Å². The van der Waals surface area contributed by atoms with E-state index in [1.54, 1.807) is 7.11 Å². The van der Waals surface area contributed by atoms with Gasteiger partial charge in [-0.2, -0.15) is 0 Å². The minimum absolute atomic E-state index is 0.184. The second-order valence-corrected chi connectivity index (χ2v) is 7.42. The summed E-state index contributed by atoms with van der Waals surface area (Å²) in [6.07, 6.45) is 10.1. The number of methoxy groups -OCH3 is 1. The van der Waals surface area contributed by atoms with Crippen LogP contribution in [-0.2, 0) is 0 Å². The molecule has 1 amide bonds. The minimum Gasteiger partial charge on any atom is -0.497 e. The SMILES string of the molecule is COc1ccc(C(=O)N2CCCCC2CCN2CCCCCC2)cc1. The van der Waals surface area contributed by atoms with Crippen LogP contribution < -0.4 is 4.74 Å². The molecule has 2 aliphatic rings. The van der Waals surface area contributed by atoms with E-state index in [4.69, 9.17) is 4.74 Å². The standard InChI is InChI=1S/C21H32N2O2/c1-25-20-11-9-18(10-12-20)21(24)23-16-7-4-8-19(23)13-17-22-14-5-2-3-6-15-22/h9-12,19H,2-8,13-17H2,1H3. The van der Waals surface area contributed by atoms with Crippen molar-refractivity contribution in [1.29, 1.82) is 0 Å². The monoisotopic (exact) mass is 344 g/mol. The highest BCUT2D eigenvalue weighted by Crippen LogP contribution is 2.24. The third-order valence-electron chi connectivity index (χ3n) is 5.70. The Labute approximate surface area is 152 Å². The van der Waals surface area contributed by atoms with Gasteiger partial charge in [0, 0.05) is 24.7 Å². The minimum atomic E-state index is 0.184. The van der Waals surface area contributed by atoms with Crippen molar-refractivity contribution in [2.24, 2.45) is 0 Å². The lowest BCUT2D eigenvalue weighted by molar-refractivity contribution is 0.0584. The number of nitrogens with zero attached hydrogens (tertiary/aromatic N) is 2. The normalized spacial score (nSPS) is 22.4. The molecule has 2 saturated heterocycles. The molecule has 1 aromatic rings. The number of piperidine rings is 1. The van der Waals surface area contributed by atoms with E-state index < -0.39 is 0 Å². The predicted molar refractivity (Wildman–Crippen MR) is 101 cm³/mol. The zero-order valence-electron chi connectivity index (χ0n) is 15.6. The maximum atomic E-state index is 13.0. The molecule has 1 atom stereocenters. The summed E-state index contributed by atoms with van der Waals surface area (Å²) < 4.78 is 5.20. The van der Waals surface area contributed by atoms with Gasteiger partial charge in [0.15, 0.2) is 0 Å². The molecule has 2 heterocycles. The molecule has 1 aromatic carbocycles. The summed E-state index contributed by atoms with van der Waals surface area (Å²) in [5.74, 6) is 0.983. The highest BCUT2D eigenvalue weighted by atomic mass is 16.5. The second kappa shape index (κ2) is 9.23. The van der Waals surface area contributed by atoms with Crippen molar-refractivity contribution in [2.75, 3.05) is 33.3 Å². The molecular formula is C21H32N2O2. The van der Waals surface area contributed by atoms with E-state index in [2.05, 4.69) is 9.80 Å². The number of amides is 1. The van der Waals surface area contributed by atoms with Crippen molar-refractivity contribution in [2.45, 2.75) is 57.4 Å². The van der Waals surface area contributed by atoms with E-state index in [1.807, 2.05) is 24.3 Å². The molecule has 0 aliphatic carbocycles. The van der Waals surface area contributed by atoms with Crippen LogP contribution in [-0.4, -0.2) is 55.0 Å². The fourth-order valence-electron chi connectivity index (χ4n) is 4.16. The van der Waals surface area contributed by atoms with Crippen molar-refractivity contribution < 1.29 is 9.53 Å². The second-order valence-electron chi connectivity index (χ2n) is 7.42. The molecular weight excluding hydrogens is 312 g/mol. The maximum Gasteiger partial charge on any atom is 0.254 e.